The van der Waals surface area contributed by atoms with Gasteiger partial charge in [0, 0.05) is 6.04 Å². The monoisotopic (exact) mass is 191 g/mol. The van der Waals surface area contributed by atoms with Gasteiger partial charge >= 0.3 is 0 Å². The van der Waals surface area contributed by atoms with E-state index in [1.807, 2.05) is 0 Å². The maximum atomic E-state index is 2.65. The van der Waals surface area contributed by atoms with E-state index >= 15 is 0 Å². The molecule has 74 valence electrons. The van der Waals surface area contributed by atoms with Gasteiger partial charge in [0.15, 0.2) is 0 Å². The van der Waals surface area contributed by atoms with Crippen molar-refractivity contribution < 1.29 is 0 Å². The highest BCUT2D eigenvalue weighted by Gasteiger charge is 2.16. The average molecular weight is 192 g/mol. The van der Waals surface area contributed by atoms with Crippen molar-refractivity contribution in [2.24, 2.45) is 0 Å². The molecule has 1 rings (SSSR count). The summed E-state index contributed by atoms with van der Waals surface area (Å²) in [5.41, 5.74) is 0. The maximum Gasteiger partial charge on any atom is 0.00669 e. The number of nitrogens with zero attached hydrogens (tertiary/aromatic N) is 1. The summed E-state index contributed by atoms with van der Waals surface area (Å²) in [4.78, 5) is 2.65. The fraction of sp³-hybridized carbons (Fsp3) is 1.00. The Kier molecular flexibility index (Phi) is 6.87. The maximum absolute atomic E-state index is 2.65. The molecule has 1 atom stereocenters. The molecule has 0 aromatic rings. The summed E-state index contributed by atoms with van der Waals surface area (Å²) in [5.74, 6) is 0. The molecule has 1 fully saturated rings. The quantitative estimate of drug-likeness (QED) is 0.663. The molecular weight excluding hydrogens is 170 g/mol. The highest BCUT2D eigenvalue weighted by Crippen LogP contribution is 2.16. The number of unbranched alkanes of at least 4 members (excludes halogenated alkanes) is 1. The van der Waals surface area contributed by atoms with Crippen LogP contribution < -0.4 is 0 Å². The summed E-state index contributed by atoms with van der Waals surface area (Å²) < 4.78 is 0. The number of hydrogen-bond donors (Lipinski definition) is 0. The van der Waals surface area contributed by atoms with E-state index < -0.39 is 0 Å². The van der Waals surface area contributed by atoms with E-state index in [2.05, 4.69) is 18.7 Å². The molecule has 12 heavy (non-hydrogen) atoms. The summed E-state index contributed by atoms with van der Waals surface area (Å²) >= 11 is 0. The van der Waals surface area contributed by atoms with Crippen molar-refractivity contribution in [3.8, 4) is 0 Å². The van der Waals surface area contributed by atoms with Crippen molar-refractivity contribution in [3.63, 3.8) is 0 Å². The third-order valence-electron chi connectivity index (χ3n) is 2.74. The molecule has 0 aromatic heterocycles. The van der Waals surface area contributed by atoms with Crippen molar-refractivity contribution in [3.05, 3.63) is 0 Å². The first kappa shape index (κ1) is 12.2. The van der Waals surface area contributed by atoms with Crippen LogP contribution in [0.3, 0.4) is 0 Å². The van der Waals surface area contributed by atoms with Gasteiger partial charge in [0.25, 0.3) is 0 Å². The van der Waals surface area contributed by atoms with Gasteiger partial charge in [-0.25, -0.2) is 0 Å². The summed E-state index contributed by atoms with van der Waals surface area (Å²) in [6.45, 7) is 7.32. The van der Waals surface area contributed by atoms with Gasteiger partial charge in [-0.05, 0) is 39.3 Å². The van der Waals surface area contributed by atoms with Crippen LogP contribution in [0.2, 0.25) is 0 Å². The minimum atomic E-state index is 0. The summed E-state index contributed by atoms with van der Waals surface area (Å²) in [6, 6.07) is 0.857. The molecule has 1 aliphatic rings. The predicted molar refractivity (Wildman–Crippen MR) is 57.0 cm³/mol. The van der Waals surface area contributed by atoms with E-state index in [4.69, 9.17) is 0 Å². The fourth-order valence-electron chi connectivity index (χ4n) is 1.85. The molecule has 0 amide bonds. The molecular formula is C10H22ClN. The minimum absolute atomic E-state index is 0. The van der Waals surface area contributed by atoms with E-state index in [0.717, 1.165) is 6.04 Å². The SMILES string of the molecule is CCCCN1CCCCC1C.Cl. The normalized spacial score (nSPS) is 25.0. The third-order valence-corrected chi connectivity index (χ3v) is 2.74. The largest absolute Gasteiger partial charge is 0.301 e. The Hall–Kier alpha value is 0.250. The van der Waals surface area contributed by atoms with Gasteiger partial charge in [0.2, 0.25) is 0 Å². The van der Waals surface area contributed by atoms with Crippen molar-refractivity contribution in [1.82, 2.24) is 4.90 Å². The lowest BCUT2D eigenvalue weighted by Crippen LogP contribution is -2.37. The molecule has 1 aliphatic heterocycles. The highest BCUT2D eigenvalue weighted by atomic mass is 35.5. The van der Waals surface area contributed by atoms with E-state index in [1.165, 1.54) is 45.2 Å². The van der Waals surface area contributed by atoms with Crippen LogP contribution in [0.1, 0.15) is 46.0 Å². The predicted octanol–water partition coefficient (Wildman–Crippen LogP) is 3.08. The summed E-state index contributed by atoms with van der Waals surface area (Å²) in [6.07, 6.45) is 7.01. The van der Waals surface area contributed by atoms with Gasteiger partial charge in [0.1, 0.15) is 0 Å². The number of hydrogen-bond acceptors (Lipinski definition) is 1. The van der Waals surface area contributed by atoms with Gasteiger partial charge < -0.3 is 4.90 Å². The second kappa shape index (κ2) is 6.73. The number of halogens is 1. The number of likely N-dealkylation sites (tertiary alicyclic amines) is 1. The Morgan fingerprint density at radius 1 is 1.33 bits per heavy atom. The van der Waals surface area contributed by atoms with Crippen LogP contribution in [-0.2, 0) is 0 Å². The number of piperidine rings is 1. The van der Waals surface area contributed by atoms with Crippen molar-refractivity contribution >= 4 is 12.4 Å². The molecule has 0 radical (unpaired) electrons. The van der Waals surface area contributed by atoms with E-state index in [0.29, 0.717) is 0 Å². The lowest BCUT2D eigenvalue weighted by Gasteiger charge is -2.33. The standard InChI is InChI=1S/C10H21N.ClH/c1-3-4-8-11-9-6-5-7-10(11)2;/h10H,3-9H2,1-2H3;1H. The van der Waals surface area contributed by atoms with Gasteiger partial charge in [-0.15, -0.1) is 12.4 Å². The molecule has 1 saturated heterocycles. The molecule has 0 aliphatic carbocycles. The highest BCUT2D eigenvalue weighted by molar-refractivity contribution is 5.85. The molecule has 2 heteroatoms. The van der Waals surface area contributed by atoms with Gasteiger partial charge in [-0.2, -0.15) is 0 Å². The molecule has 1 heterocycles. The van der Waals surface area contributed by atoms with Gasteiger partial charge in [0.05, 0.1) is 0 Å². The van der Waals surface area contributed by atoms with Crippen LogP contribution in [0, 0.1) is 0 Å². The lowest BCUT2D eigenvalue weighted by atomic mass is 10.0. The van der Waals surface area contributed by atoms with E-state index in [9.17, 15) is 0 Å². The molecule has 0 aromatic carbocycles. The Labute approximate surface area is 82.9 Å². The van der Waals surface area contributed by atoms with Crippen LogP contribution in [0.15, 0.2) is 0 Å². The Balaban J connectivity index is 0.00000121. The molecule has 0 saturated carbocycles. The first-order chi connectivity index (χ1) is 5.34. The van der Waals surface area contributed by atoms with Gasteiger partial charge in [-0.1, -0.05) is 19.8 Å². The Bertz CT molecular complexity index is 106. The third kappa shape index (κ3) is 3.77. The minimum Gasteiger partial charge on any atom is -0.301 e. The van der Waals surface area contributed by atoms with Crippen molar-refractivity contribution in [2.45, 2.75) is 52.0 Å². The van der Waals surface area contributed by atoms with Gasteiger partial charge in [-0.3, -0.25) is 0 Å². The Morgan fingerprint density at radius 2 is 2.08 bits per heavy atom. The zero-order valence-electron chi connectivity index (χ0n) is 8.38. The molecule has 1 nitrogen and oxygen atoms in total. The average Bonchev–Trinajstić information content (AvgIpc) is 2.03. The molecule has 0 N–H and O–H groups in total. The summed E-state index contributed by atoms with van der Waals surface area (Å²) in [7, 11) is 0. The fourth-order valence-corrected chi connectivity index (χ4v) is 1.85. The van der Waals surface area contributed by atoms with Crippen LogP contribution in [0.4, 0.5) is 0 Å². The van der Waals surface area contributed by atoms with Crippen molar-refractivity contribution in [1.29, 1.82) is 0 Å². The second-order valence-corrected chi connectivity index (χ2v) is 3.73. The topological polar surface area (TPSA) is 3.24 Å². The second-order valence-electron chi connectivity index (χ2n) is 3.73. The smallest absolute Gasteiger partial charge is 0.00669 e. The Morgan fingerprint density at radius 3 is 2.67 bits per heavy atom. The first-order valence-corrected chi connectivity index (χ1v) is 5.08. The summed E-state index contributed by atoms with van der Waals surface area (Å²) in [5, 5.41) is 0. The number of rotatable bonds is 3. The first-order valence-electron chi connectivity index (χ1n) is 5.08. The zero-order valence-corrected chi connectivity index (χ0v) is 9.20. The van der Waals surface area contributed by atoms with Crippen molar-refractivity contribution in [2.75, 3.05) is 13.1 Å². The lowest BCUT2D eigenvalue weighted by molar-refractivity contribution is 0.158. The molecule has 1 unspecified atom stereocenters. The van der Waals surface area contributed by atoms with E-state index in [-0.39, 0.29) is 12.4 Å². The molecule has 0 spiro atoms. The van der Waals surface area contributed by atoms with Crippen LogP contribution in [0.25, 0.3) is 0 Å². The van der Waals surface area contributed by atoms with E-state index in [1.54, 1.807) is 0 Å². The van der Waals surface area contributed by atoms with Crippen LogP contribution >= 0.6 is 12.4 Å². The van der Waals surface area contributed by atoms with Crippen LogP contribution in [-0.4, -0.2) is 24.0 Å². The zero-order chi connectivity index (χ0) is 8.10. The van der Waals surface area contributed by atoms with Crippen LogP contribution in [0.5, 0.6) is 0 Å². The molecule has 0 bridgehead atoms.